The Kier molecular flexibility index (Phi) is 5.93. The molecule has 1 aromatic carbocycles. The molecule has 2 unspecified atom stereocenters. The van der Waals surface area contributed by atoms with Gasteiger partial charge in [-0.15, -0.1) is 0 Å². The molecular weight excluding hydrogens is 302 g/mol. The van der Waals surface area contributed by atoms with E-state index in [9.17, 15) is 13.6 Å². The minimum Gasteiger partial charge on any atom is -0.434 e. The minimum atomic E-state index is -2.88. The zero-order chi connectivity index (χ0) is 17.0. The van der Waals surface area contributed by atoms with E-state index < -0.39 is 6.61 Å². The molecule has 2 rings (SSSR count). The van der Waals surface area contributed by atoms with Gasteiger partial charge in [-0.2, -0.15) is 8.78 Å². The van der Waals surface area contributed by atoms with Crippen molar-refractivity contribution in [1.82, 2.24) is 5.32 Å². The highest BCUT2D eigenvalue weighted by molar-refractivity contribution is 5.95. The van der Waals surface area contributed by atoms with Crippen LogP contribution in [-0.2, 0) is 0 Å². The van der Waals surface area contributed by atoms with Gasteiger partial charge < -0.3 is 15.8 Å². The van der Waals surface area contributed by atoms with E-state index in [1.54, 1.807) is 26.0 Å². The van der Waals surface area contributed by atoms with Crippen LogP contribution in [0.1, 0.15) is 47.2 Å². The number of aryl methyl sites for hydroxylation is 2. The van der Waals surface area contributed by atoms with Crippen LogP contribution in [0.3, 0.4) is 0 Å². The topological polar surface area (TPSA) is 64.4 Å². The molecule has 2 atom stereocenters. The van der Waals surface area contributed by atoms with Gasteiger partial charge in [0, 0.05) is 11.6 Å². The van der Waals surface area contributed by atoms with Crippen molar-refractivity contribution in [3.63, 3.8) is 0 Å². The average Bonchev–Trinajstić information content (AvgIpc) is 2.51. The zero-order valence-corrected chi connectivity index (χ0v) is 13.6. The zero-order valence-electron chi connectivity index (χ0n) is 13.6. The fourth-order valence-corrected chi connectivity index (χ4v) is 3.29. The van der Waals surface area contributed by atoms with Crippen LogP contribution in [-0.4, -0.2) is 25.1 Å². The lowest BCUT2D eigenvalue weighted by Gasteiger charge is -2.31. The molecule has 0 aliphatic heterocycles. The van der Waals surface area contributed by atoms with Crippen molar-refractivity contribution < 1.29 is 18.3 Å². The van der Waals surface area contributed by atoms with Crippen molar-refractivity contribution >= 4 is 5.91 Å². The van der Waals surface area contributed by atoms with Gasteiger partial charge in [-0.3, -0.25) is 4.79 Å². The summed E-state index contributed by atoms with van der Waals surface area (Å²) in [6.07, 6.45) is 4.19. The van der Waals surface area contributed by atoms with Crippen LogP contribution < -0.4 is 15.8 Å². The Morgan fingerprint density at radius 2 is 1.91 bits per heavy atom. The number of carbonyl (C=O) groups excluding carboxylic acids is 1. The quantitative estimate of drug-likeness (QED) is 0.873. The Labute approximate surface area is 135 Å². The highest BCUT2D eigenvalue weighted by Crippen LogP contribution is 2.27. The molecule has 4 nitrogen and oxygen atoms in total. The molecule has 0 saturated heterocycles. The Morgan fingerprint density at radius 3 is 2.48 bits per heavy atom. The number of nitrogens with two attached hydrogens (primary N) is 1. The maximum absolute atomic E-state index is 12.5. The molecule has 1 amide bonds. The van der Waals surface area contributed by atoms with Crippen LogP contribution in [0.15, 0.2) is 12.1 Å². The Hall–Kier alpha value is -1.69. The van der Waals surface area contributed by atoms with E-state index in [1.165, 1.54) is 0 Å². The largest absolute Gasteiger partial charge is 0.434 e. The number of amides is 1. The lowest BCUT2D eigenvalue weighted by molar-refractivity contribution is -0.0507. The SMILES string of the molecule is Cc1cc(C(=O)NC2CCCCC2CN)cc(C)c1OC(F)F. The molecule has 1 aliphatic carbocycles. The van der Waals surface area contributed by atoms with E-state index in [1.807, 2.05) is 0 Å². The Morgan fingerprint density at radius 1 is 1.30 bits per heavy atom. The molecule has 6 heteroatoms. The number of alkyl halides is 2. The summed E-state index contributed by atoms with van der Waals surface area (Å²) in [5, 5.41) is 3.04. The van der Waals surface area contributed by atoms with E-state index >= 15 is 0 Å². The fraction of sp³-hybridized carbons (Fsp3) is 0.588. The monoisotopic (exact) mass is 326 g/mol. The smallest absolute Gasteiger partial charge is 0.387 e. The van der Waals surface area contributed by atoms with E-state index in [-0.39, 0.29) is 17.7 Å². The first kappa shape index (κ1) is 17.7. The summed E-state index contributed by atoms with van der Waals surface area (Å²) >= 11 is 0. The third kappa shape index (κ3) is 4.41. The first-order chi connectivity index (χ1) is 10.9. The third-order valence-electron chi connectivity index (χ3n) is 4.46. The summed E-state index contributed by atoms with van der Waals surface area (Å²) in [7, 11) is 0. The van der Waals surface area contributed by atoms with Gasteiger partial charge in [-0.25, -0.2) is 0 Å². The maximum Gasteiger partial charge on any atom is 0.387 e. The van der Waals surface area contributed by atoms with E-state index in [4.69, 9.17) is 5.73 Å². The molecule has 0 spiro atoms. The Bertz CT molecular complexity index is 541. The number of carbonyl (C=O) groups is 1. The van der Waals surface area contributed by atoms with Gasteiger partial charge in [0.05, 0.1) is 0 Å². The van der Waals surface area contributed by atoms with Crippen LogP contribution >= 0.6 is 0 Å². The van der Waals surface area contributed by atoms with Crippen molar-refractivity contribution in [3.8, 4) is 5.75 Å². The molecule has 1 aromatic rings. The first-order valence-electron chi connectivity index (χ1n) is 7.99. The maximum atomic E-state index is 12.5. The van der Waals surface area contributed by atoms with Gasteiger partial charge in [0.2, 0.25) is 0 Å². The summed E-state index contributed by atoms with van der Waals surface area (Å²) in [6, 6.07) is 3.25. The molecule has 1 saturated carbocycles. The van der Waals surface area contributed by atoms with Gasteiger partial charge in [0.1, 0.15) is 5.75 Å². The molecule has 1 aliphatic rings. The van der Waals surface area contributed by atoms with Crippen LogP contribution in [0.2, 0.25) is 0 Å². The number of hydrogen-bond acceptors (Lipinski definition) is 3. The molecule has 23 heavy (non-hydrogen) atoms. The van der Waals surface area contributed by atoms with Crippen LogP contribution in [0.25, 0.3) is 0 Å². The number of nitrogens with one attached hydrogen (secondary N) is 1. The number of rotatable bonds is 5. The second-order valence-corrected chi connectivity index (χ2v) is 6.18. The highest BCUT2D eigenvalue weighted by Gasteiger charge is 2.26. The van der Waals surface area contributed by atoms with E-state index in [0.29, 0.717) is 29.2 Å². The highest BCUT2D eigenvalue weighted by atomic mass is 19.3. The summed E-state index contributed by atoms with van der Waals surface area (Å²) in [4.78, 5) is 12.5. The number of hydrogen-bond donors (Lipinski definition) is 2. The van der Waals surface area contributed by atoms with Crippen molar-refractivity contribution in [3.05, 3.63) is 28.8 Å². The normalized spacial score (nSPS) is 21.3. The van der Waals surface area contributed by atoms with Gasteiger partial charge in [-0.1, -0.05) is 12.8 Å². The minimum absolute atomic E-state index is 0.0823. The molecule has 0 radical (unpaired) electrons. The molecule has 1 fully saturated rings. The first-order valence-corrected chi connectivity index (χ1v) is 7.99. The number of benzene rings is 1. The second kappa shape index (κ2) is 7.73. The average molecular weight is 326 g/mol. The van der Waals surface area contributed by atoms with Crippen LogP contribution in [0.4, 0.5) is 8.78 Å². The Balaban J connectivity index is 2.13. The number of halogens is 2. The van der Waals surface area contributed by atoms with Crippen LogP contribution in [0.5, 0.6) is 5.75 Å². The lowest BCUT2D eigenvalue weighted by atomic mass is 9.84. The van der Waals surface area contributed by atoms with Crippen molar-refractivity contribution in [2.24, 2.45) is 11.7 Å². The van der Waals surface area contributed by atoms with Crippen molar-refractivity contribution in [2.75, 3.05) is 6.54 Å². The fourth-order valence-electron chi connectivity index (χ4n) is 3.29. The third-order valence-corrected chi connectivity index (χ3v) is 4.46. The van der Waals surface area contributed by atoms with Crippen LogP contribution in [0, 0.1) is 19.8 Å². The molecule has 3 N–H and O–H groups in total. The second-order valence-electron chi connectivity index (χ2n) is 6.18. The van der Waals surface area contributed by atoms with Gasteiger partial charge in [0.15, 0.2) is 0 Å². The molecule has 0 heterocycles. The molecule has 0 aromatic heterocycles. The van der Waals surface area contributed by atoms with Gasteiger partial charge in [-0.05, 0) is 62.4 Å². The summed E-state index contributed by atoms with van der Waals surface area (Å²) < 4.78 is 29.3. The van der Waals surface area contributed by atoms with E-state index in [0.717, 1.165) is 25.7 Å². The van der Waals surface area contributed by atoms with Gasteiger partial charge >= 0.3 is 6.61 Å². The predicted octanol–water partition coefficient (Wildman–Crippen LogP) is 3.15. The van der Waals surface area contributed by atoms with Crippen molar-refractivity contribution in [1.29, 1.82) is 0 Å². The number of ether oxygens (including phenoxy) is 1. The summed E-state index contributed by atoms with van der Waals surface area (Å²) in [5.74, 6) is 0.246. The van der Waals surface area contributed by atoms with E-state index in [2.05, 4.69) is 10.1 Å². The van der Waals surface area contributed by atoms with Crippen molar-refractivity contribution in [2.45, 2.75) is 52.2 Å². The standard InChI is InChI=1S/C17H24F2N2O2/c1-10-7-13(8-11(2)15(10)23-17(18)19)16(22)21-14-6-4-3-5-12(14)9-20/h7-8,12,14,17H,3-6,9,20H2,1-2H3,(H,21,22). The molecule has 0 bridgehead atoms. The molecule has 128 valence electrons. The summed E-state index contributed by atoms with van der Waals surface area (Å²) in [5.41, 5.74) is 7.29. The summed E-state index contributed by atoms with van der Waals surface area (Å²) in [6.45, 7) is 0.999. The lowest BCUT2D eigenvalue weighted by Crippen LogP contribution is -2.44. The predicted molar refractivity (Wildman–Crippen MR) is 84.8 cm³/mol. The molecular formula is C17H24F2N2O2. The van der Waals surface area contributed by atoms with Gasteiger partial charge in [0.25, 0.3) is 5.91 Å².